The Morgan fingerprint density at radius 3 is 1.47 bits per heavy atom. The molecular weight excluding hydrogens is 601 g/mol. The Balaban J connectivity index is 0.000000831. The van der Waals surface area contributed by atoms with Crippen molar-refractivity contribution >= 4 is 44.0 Å². The van der Waals surface area contributed by atoms with Gasteiger partial charge in [0.1, 0.15) is 8.80 Å². The summed E-state index contributed by atoms with van der Waals surface area (Å²) in [7, 11) is -1.08. The van der Waals surface area contributed by atoms with E-state index in [1.807, 2.05) is 20.8 Å². The largest absolute Gasteiger partial charge is 0.673 e. The van der Waals surface area contributed by atoms with E-state index in [9.17, 15) is 0 Å². The first kappa shape index (κ1) is 34.5. The summed E-state index contributed by atoms with van der Waals surface area (Å²) in [6, 6.07) is 38.4. The predicted molar refractivity (Wildman–Crippen MR) is 169 cm³/mol. The summed E-state index contributed by atoms with van der Waals surface area (Å²) >= 11 is 0. The van der Waals surface area contributed by atoms with Crippen LogP contribution in [0.5, 0.6) is 0 Å². The van der Waals surface area contributed by atoms with Crippen LogP contribution in [-0.4, -0.2) is 14.3 Å². The molecular formula is C33H39Cl2NSiZr-. The van der Waals surface area contributed by atoms with Gasteiger partial charge in [-0.1, -0.05) is 155 Å². The molecule has 1 nitrogen and oxygen atoms in total. The van der Waals surface area contributed by atoms with Crippen molar-refractivity contribution in [3.05, 3.63) is 126 Å². The smallest absolute Gasteiger partial charge is 0.133 e. The number of benzene rings is 4. The maximum absolute atomic E-state index is 6.94. The molecule has 0 fully saturated rings. The van der Waals surface area contributed by atoms with Crippen molar-refractivity contribution in [1.29, 1.82) is 0 Å². The summed E-state index contributed by atoms with van der Waals surface area (Å²) in [6.07, 6.45) is 0. The molecule has 0 spiro atoms. The molecule has 4 aromatic carbocycles. The van der Waals surface area contributed by atoms with Gasteiger partial charge in [0.15, 0.2) is 0 Å². The summed E-state index contributed by atoms with van der Waals surface area (Å²) in [5.41, 5.74) is 14.6. The summed E-state index contributed by atoms with van der Waals surface area (Å²) in [6.45, 7) is 12.6. The molecule has 1 aliphatic rings. The number of rotatable bonds is 3. The molecule has 0 saturated carbocycles. The molecule has 1 radical (unpaired) electrons. The first-order valence-electron chi connectivity index (χ1n) is 12.5. The maximum Gasteiger partial charge on any atom is 0.133 e. The molecule has 0 aromatic heterocycles. The summed E-state index contributed by atoms with van der Waals surface area (Å²) in [4.78, 5) is 0. The molecule has 0 aliphatic heterocycles. The zero-order valence-corrected chi connectivity index (χ0v) is 28.3. The number of hydrogen-bond donors (Lipinski definition) is 0. The Morgan fingerprint density at radius 1 is 0.579 bits per heavy atom. The van der Waals surface area contributed by atoms with Gasteiger partial charge in [0.2, 0.25) is 0 Å². The van der Waals surface area contributed by atoms with E-state index >= 15 is 0 Å². The molecule has 5 rings (SSSR count). The molecule has 0 saturated heterocycles. The average Bonchev–Trinajstić information content (AvgIpc) is 3.14. The predicted octanol–water partition coefficient (Wildman–Crippen LogP) is 8.62. The average molecular weight is 640 g/mol. The third-order valence-electron chi connectivity index (χ3n) is 6.22. The number of nitrogens with one attached hydrogen (secondary N) is 1. The third-order valence-corrected chi connectivity index (χ3v) is 9.31. The van der Waals surface area contributed by atoms with Crippen molar-refractivity contribution in [2.24, 2.45) is 0 Å². The van der Waals surface area contributed by atoms with Crippen LogP contribution in [0.1, 0.15) is 63.8 Å². The van der Waals surface area contributed by atoms with Crippen molar-refractivity contribution in [2.75, 3.05) is 0 Å². The monoisotopic (exact) mass is 637 g/mol. The molecule has 199 valence electrons. The van der Waals surface area contributed by atoms with Gasteiger partial charge in [-0.25, -0.2) is 0 Å². The van der Waals surface area contributed by atoms with Gasteiger partial charge in [0.05, 0.1) is 0 Å². The molecule has 1 N–H and O–H groups in total. The third kappa shape index (κ3) is 8.03. The Hall–Kier alpha value is -1.48. The van der Waals surface area contributed by atoms with E-state index in [2.05, 4.69) is 124 Å². The first-order chi connectivity index (χ1) is 16.6. The molecule has 0 bridgehead atoms. The van der Waals surface area contributed by atoms with Crippen molar-refractivity contribution in [3.8, 4) is 11.1 Å². The van der Waals surface area contributed by atoms with Crippen molar-refractivity contribution in [1.82, 2.24) is 0 Å². The topological polar surface area (TPSA) is 23.8 Å². The zero-order valence-electron chi connectivity index (χ0n) is 23.2. The van der Waals surface area contributed by atoms with E-state index in [0.29, 0.717) is 5.54 Å². The fraction of sp³-hybridized carbons (Fsp3) is 0.273. The van der Waals surface area contributed by atoms with Gasteiger partial charge in [0.25, 0.3) is 0 Å². The van der Waals surface area contributed by atoms with E-state index in [0.717, 1.165) is 0 Å². The molecule has 38 heavy (non-hydrogen) atoms. The second-order valence-electron chi connectivity index (χ2n) is 11.4. The van der Waals surface area contributed by atoms with Crippen molar-refractivity contribution in [2.45, 2.75) is 58.0 Å². The molecule has 1 aliphatic carbocycles. The minimum atomic E-state index is -1.08. The minimum Gasteiger partial charge on any atom is -0.673 e. The Morgan fingerprint density at radius 2 is 1.00 bits per heavy atom. The normalized spacial score (nSPS) is 13.5. The molecule has 1 unspecified atom stereocenters. The molecule has 0 heterocycles. The minimum absolute atomic E-state index is 0. The van der Waals surface area contributed by atoms with Gasteiger partial charge in [-0.3, -0.25) is 0 Å². The molecule has 1 atom stereocenters. The van der Waals surface area contributed by atoms with Crippen LogP contribution < -0.4 is 10.4 Å². The van der Waals surface area contributed by atoms with Crippen molar-refractivity contribution in [3.63, 3.8) is 0 Å². The van der Waals surface area contributed by atoms with Crippen LogP contribution in [0.4, 0.5) is 0 Å². The first-order valence-corrected chi connectivity index (χ1v) is 14.1. The SMILES string of the molecule is CC(C)(C)[NH-].CC(C)(C)c1cccc2c1C([Si](c1ccccc1)c1ccccc1)c1ccccc1-2.Cl.Cl.[Zr]. The standard InChI is InChI=1S/C29H27Si.C4H10N.2ClH.Zr/c1-29(2,3)26-20-12-19-24-23-17-10-11-18-25(23)28(27(24)26)30(21-13-6-4-7-14-21)22-15-8-5-9-16-22;1-4(2,3)5;;;/h4-20,28H,1-3H3;5H,1-3H3;2*1H;/q;-1;;;. The summed E-state index contributed by atoms with van der Waals surface area (Å²) in [5.74, 6) is 0. The van der Waals surface area contributed by atoms with Gasteiger partial charge in [-0.05, 0) is 33.2 Å². The molecule has 5 heteroatoms. The van der Waals surface area contributed by atoms with Gasteiger partial charge >= 0.3 is 0 Å². The van der Waals surface area contributed by atoms with Gasteiger partial charge in [-0.2, -0.15) is 0 Å². The van der Waals surface area contributed by atoms with Gasteiger partial charge in [0, 0.05) is 31.7 Å². The molecule has 0 amide bonds. The van der Waals surface area contributed by atoms with E-state index in [1.165, 1.54) is 32.6 Å². The van der Waals surface area contributed by atoms with Crippen LogP contribution in [0.3, 0.4) is 0 Å². The van der Waals surface area contributed by atoms with Crippen molar-refractivity contribution < 1.29 is 26.2 Å². The second-order valence-corrected chi connectivity index (χ2v) is 14.0. The van der Waals surface area contributed by atoms with Crippen LogP contribution in [-0.2, 0) is 31.6 Å². The Bertz CT molecular complexity index is 1240. The number of fused-ring (bicyclic) bond motifs is 3. The Labute approximate surface area is 263 Å². The zero-order chi connectivity index (χ0) is 25.2. The van der Waals surface area contributed by atoms with Crippen LogP contribution in [0.25, 0.3) is 16.9 Å². The second kappa shape index (κ2) is 14.2. The fourth-order valence-corrected chi connectivity index (χ4v) is 8.22. The van der Waals surface area contributed by atoms with E-state index < -0.39 is 8.80 Å². The van der Waals surface area contributed by atoms with Gasteiger partial charge in [-0.15, -0.1) is 30.4 Å². The fourth-order valence-electron chi connectivity index (χ4n) is 4.95. The van der Waals surface area contributed by atoms with Crippen LogP contribution in [0.15, 0.2) is 103 Å². The summed E-state index contributed by atoms with van der Waals surface area (Å²) < 4.78 is 0. The molecule has 4 aromatic rings. The summed E-state index contributed by atoms with van der Waals surface area (Å²) in [5, 5.41) is 2.95. The number of halogens is 2. The van der Waals surface area contributed by atoms with Crippen LogP contribution in [0, 0.1) is 0 Å². The maximum atomic E-state index is 6.94. The van der Waals surface area contributed by atoms with E-state index in [4.69, 9.17) is 5.73 Å². The van der Waals surface area contributed by atoms with Crippen LogP contribution >= 0.6 is 24.8 Å². The van der Waals surface area contributed by atoms with Crippen LogP contribution in [0.2, 0.25) is 0 Å². The quantitative estimate of drug-likeness (QED) is 0.201. The van der Waals surface area contributed by atoms with Gasteiger partial charge < -0.3 is 5.73 Å². The number of hydrogen-bond acceptors (Lipinski definition) is 0. The van der Waals surface area contributed by atoms with E-state index in [1.54, 1.807) is 5.56 Å². The van der Waals surface area contributed by atoms with E-state index in [-0.39, 0.29) is 62.0 Å². The Kier molecular flexibility index (Phi) is 12.9.